The zero-order valence-corrected chi connectivity index (χ0v) is 10.0. The van der Waals surface area contributed by atoms with Crippen molar-refractivity contribution < 1.29 is 4.39 Å². The largest absolute Gasteiger partial charge is 0.324 e. The zero-order valence-electron chi connectivity index (χ0n) is 10.0. The Labute approximate surface area is 96.9 Å². The van der Waals surface area contributed by atoms with E-state index in [0.717, 1.165) is 12.0 Å². The van der Waals surface area contributed by atoms with Crippen molar-refractivity contribution in [3.8, 4) is 0 Å². The van der Waals surface area contributed by atoms with Crippen molar-refractivity contribution in [1.29, 1.82) is 0 Å². The summed E-state index contributed by atoms with van der Waals surface area (Å²) in [5.41, 5.74) is 7.49. The molecule has 1 aliphatic carbocycles. The van der Waals surface area contributed by atoms with Crippen LogP contribution in [0.3, 0.4) is 0 Å². The van der Waals surface area contributed by atoms with E-state index in [1.807, 2.05) is 6.07 Å². The summed E-state index contributed by atoms with van der Waals surface area (Å²) in [7, 11) is 0. The van der Waals surface area contributed by atoms with E-state index in [9.17, 15) is 4.39 Å². The normalized spacial score (nSPS) is 25.6. The summed E-state index contributed by atoms with van der Waals surface area (Å²) in [5, 5.41) is 0. The van der Waals surface area contributed by atoms with E-state index in [1.54, 1.807) is 12.1 Å². The highest BCUT2D eigenvalue weighted by molar-refractivity contribution is 5.21. The average molecular weight is 221 g/mol. The standard InChI is InChI=1S/C14H20FN/c1-14(2)8-4-7-12(14)13(16)10-5-3-6-11(15)9-10/h3,5-6,9,12-13H,4,7-8,16H2,1-2H3. The smallest absolute Gasteiger partial charge is 0.123 e. The van der Waals surface area contributed by atoms with E-state index >= 15 is 0 Å². The maximum Gasteiger partial charge on any atom is 0.123 e. The molecule has 2 N–H and O–H groups in total. The third-order valence-corrected chi connectivity index (χ3v) is 4.01. The van der Waals surface area contributed by atoms with Gasteiger partial charge in [-0.2, -0.15) is 0 Å². The van der Waals surface area contributed by atoms with Crippen molar-refractivity contribution in [1.82, 2.24) is 0 Å². The number of rotatable bonds is 2. The van der Waals surface area contributed by atoms with Gasteiger partial charge in [0, 0.05) is 6.04 Å². The Morgan fingerprint density at radius 3 is 2.75 bits per heavy atom. The Bertz CT molecular complexity index is 373. The van der Waals surface area contributed by atoms with Crippen LogP contribution in [0.2, 0.25) is 0 Å². The summed E-state index contributed by atoms with van der Waals surface area (Å²) >= 11 is 0. The molecule has 0 heterocycles. The fourth-order valence-electron chi connectivity index (χ4n) is 2.97. The van der Waals surface area contributed by atoms with E-state index in [-0.39, 0.29) is 17.3 Å². The van der Waals surface area contributed by atoms with Crippen LogP contribution in [0.4, 0.5) is 4.39 Å². The van der Waals surface area contributed by atoms with Gasteiger partial charge in [-0.3, -0.25) is 0 Å². The summed E-state index contributed by atoms with van der Waals surface area (Å²) < 4.78 is 13.2. The fourth-order valence-corrected chi connectivity index (χ4v) is 2.97. The molecular formula is C14H20FN. The van der Waals surface area contributed by atoms with Gasteiger partial charge in [0.2, 0.25) is 0 Å². The van der Waals surface area contributed by atoms with Gasteiger partial charge < -0.3 is 5.73 Å². The number of hydrogen-bond acceptors (Lipinski definition) is 1. The van der Waals surface area contributed by atoms with Gasteiger partial charge in [-0.25, -0.2) is 4.39 Å². The first-order valence-electron chi connectivity index (χ1n) is 6.02. The van der Waals surface area contributed by atoms with Crippen LogP contribution in [0.15, 0.2) is 24.3 Å². The van der Waals surface area contributed by atoms with E-state index < -0.39 is 0 Å². The highest BCUT2D eigenvalue weighted by atomic mass is 19.1. The third-order valence-electron chi connectivity index (χ3n) is 4.01. The second-order valence-electron chi connectivity index (χ2n) is 5.57. The minimum absolute atomic E-state index is 0.0341. The maximum atomic E-state index is 13.2. The van der Waals surface area contributed by atoms with E-state index in [2.05, 4.69) is 13.8 Å². The average Bonchev–Trinajstić information content (AvgIpc) is 2.57. The van der Waals surface area contributed by atoms with Gasteiger partial charge in [0.25, 0.3) is 0 Å². The molecule has 2 heteroatoms. The molecule has 1 aromatic rings. The third kappa shape index (κ3) is 2.12. The van der Waals surface area contributed by atoms with Crippen LogP contribution in [0.1, 0.15) is 44.7 Å². The predicted octanol–water partition coefficient (Wildman–Crippen LogP) is 3.65. The Kier molecular flexibility index (Phi) is 3.02. The lowest BCUT2D eigenvalue weighted by Gasteiger charge is -2.32. The Hall–Kier alpha value is -0.890. The molecule has 0 bridgehead atoms. The molecule has 2 rings (SSSR count). The van der Waals surface area contributed by atoms with Crippen LogP contribution in [0.25, 0.3) is 0 Å². The molecule has 0 aromatic heterocycles. The molecule has 88 valence electrons. The van der Waals surface area contributed by atoms with Gasteiger partial charge in [0.1, 0.15) is 5.82 Å². The van der Waals surface area contributed by atoms with Crippen molar-refractivity contribution >= 4 is 0 Å². The van der Waals surface area contributed by atoms with Crippen molar-refractivity contribution in [3.05, 3.63) is 35.6 Å². The molecule has 0 spiro atoms. The van der Waals surface area contributed by atoms with E-state index in [4.69, 9.17) is 5.73 Å². The van der Waals surface area contributed by atoms with Crippen molar-refractivity contribution in [2.45, 2.75) is 39.2 Å². The monoisotopic (exact) mass is 221 g/mol. The Morgan fingerprint density at radius 2 is 2.19 bits per heavy atom. The molecule has 0 radical (unpaired) electrons. The lowest BCUT2D eigenvalue weighted by Crippen LogP contribution is -2.29. The molecule has 1 aromatic carbocycles. The second-order valence-corrected chi connectivity index (χ2v) is 5.57. The highest BCUT2D eigenvalue weighted by Gasteiger charge is 2.38. The van der Waals surface area contributed by atoms with Crippen LogP contribution in [0, 0.1) is 17.2 Å². The van der Waals surface area contributed by atoms with E-state index in [0.29, 0.717) is 5.92 Å². The van der Waals surface area contributed by atoms with Crippen molar-refractivity contribution in [2.75, 3.05) is 0 Å². The molecule has 0 aliphatic heterocycles. The molecule has 1 saturated carbocycles. The number of halogens is 1. The molecular weight excluding hydrogens is 201 g/mol. The molecule has 1 nitrogen and oxygen atoms in total. The summed E-state index contributed by atoms with van der Waals surface area (Å²) in [6.45, 7) is 4.54. The summed E-state index contributed by atoms with van der Waals surface area (Å²) in [6.07, 6.45) is 3.62. The van der Waals surface area contributed by atoms with Crippen LogP contribution < -0.4 is 5.73 Å². The van der Waals surface area contributed by atoms with Gasteiger partial charge in [-0.05, 0) is 41.9 Å². The van der Waals surface area contributed by atoms with Gasteiger partial charge >= 0.3 is 0 Å². The minimum Gasteiger partial charge on any atom is -0.324 e. The zero-order chi connectivity index (χ0) is 11.8. The van der Waals surface area contributed by atoms with Crippen LogP contribution >= 0.6 is 0 Å². The van der Waals surface area contributed by atoms with Gasteiger partial charge in [0.05, 0.1) is 0 Å². The lowest BCUT2D eigenvalue weighted by molar-refractivity contribution is 0.222. The maximum absolute atomic E-state index is 13.2. The van der Waals surface area contributed by atoms with E-state index in [1.165, 1.54) is 18.9 Å². The van der Waals surface area contributed by atoms with Gasteiger partial charge in [-0.15, -0.1) is 0 Å². The summed E-state index contributed by atoms with van der Waals surface area (Å²) in [4.78, 5) is 0. The first-order valence-corrected chi connectivity index (χ1v) is 6.02. The molecule has 0 saturated heterocycles. The van der Waals surface area contributed by atoms with Crippen LogP contribution in [-0.4, -0.2) is 0 Å². The quantitative estimate of drug-likeness (QED) is 0.810. The second kappa shape index (κ2) is 4.17. The van der Waals surface area contributed by atoms with Gasteiger partial charge in [-0.1, -0.05) is 32.4 Å². The minimum atomic E-state index is -0.191. The number of benzene rings is 1. The molecule has 0 amide bonds. The first-order chi connectivity index (χ1) is 7.50. The number of nitrogens with two attached hydrogens (primary N) is 1. The highest BCUT2D eigenvalue weighted by Crippen LogP contribution is 2.47. The summed E-state index contributed by atoms with van der Waals surface area (Å²) in [6, 6.07) is 6.68. The molecule has 1 aliphatic rings. The first kappa shape index (κ1) is 11.6. The Balaban J connectivity index is 2.22. The summed E-state index contributed by atoms with van der Waals surface area (Å²) in [5.74, 6) is 0.276. The predicted molar refractivity (Wildman–Crippen MR) is 64.5 cm³/mol. The number of hydrogen-bond donors (Lipinski definition) is 1. The lowest BCUT2D eigenvalue weighted by atomic mass is 9.76. The SMILES string of the molecule is CC1(C)CCCC1C(N)c1cccc(F)c1. The topological polar surface area (TPSA) is 26.0 Å². The molecule has 2 atom stereocenters. The van der Waals surface area contributed by atoms with Crippen molar-refractivity contribution in [2.24, 2.45) is 17.1 Å². The molecule has 2 unspecified atom stereocenters. The Morgan fingerprint density at radius 1 is 1.44 bits per heavy atom. The van der Waals surface area contributed by atoms with Crippen LogP contribution in [-0.2, 0) is 0 Å². The molecule has 16 heavy (non-hydrogen) atoms. The van der Waals surface area contributed by atoms with Crippen molar-refractivity contribution in [3.63, 3.8) is 0 Å². The van der Waals surface area contributed by atoms with Gasteiger partial charge in [0.15, 0.2) is 0 Å². The molecule has 1 fully saturated rings. The fraction of sp³-hybridized carbons (Fsp3) is 0.571. The van der Waals surface area contributed by atoms with Crippen LogP contribution in [0.5, 0.6) is 0 Å².